The van der Waals surface area contributed by atoms with Crippen LogP contribution in [0.15, 0.2) is 30.3 Å². The number of benzene rings is 1. The Kier molecular flexibility index (Phi) is 5.00. The zero-order valence-electron chi connectivity index (χ0n) is 13.2. The molecule has 1 N–H and O–H groups in total. The van der Waals surface area contributed by atoms with Crippen LogP contribution in [-0.2, 0) is 0 Å². The van der Waals surface area contributed by atoms with Crippen LogP contribution in [0.2, 0.25) is 0 Å². The van der Waals surface area contributed by atoms with E-state index < -0.39 is 0 Å². The monoisotopic (exact) mass is 287 g/mol. The van der Waals surface area contributed by atoms with Crippen molar-refractivity contribution in [2.45, 2.75) is 40.7 Å². The van der Waals surface area contributed by atoms with Gasteiger partial charge in [-0.15, -0.1) is 11.3 Å². The molecule has 2 heteroatoms. The predicted molar refractivity (Wildman–Crippen MR) is 90.5 cm³/mol. The summed E-state index contributed by atoms with van der Waals surface area (Å²) in [5.41, 5.74) is 4.06. The van der Waals surface area contributed by atoms with E-state index in [1.165, 1.54) is 26.4 Å². The minimum Gasteiger partial charge on any atom is -0.309 e. The van der Waals surface area contributed by atoms with Crippen molar-refractivity contribution in [2.24, 2.45) is 5.92 Å². The largest absolute Gasteiger partial charge is 0.309 e. The van der Waals surface area contributed by atoms with Crippen molar-refractivity contribution < 1.29 is 0 Å². The van der Waals surface area contributed by atoms with Gasteiger partial charge >= 0.3 is 0 Å². The summed E-state index contributed by atoms with van der Waals surface area (Å²) in [5.74, 6) is 0.611. The fourth-order valence-electron chi connectivity index (χ4n) is 2.55. The molecule has 0 bridgehead atoms. The summed E-state index contributed by atoms with van der Waals surface area (Å²) in [7, 11) is 0. The Morgan fingerprint density at radius 2 is 1.85 bits per heavy atom. The highest BCUT2D eigenvalue weighted by Crippen LogP contribution is 2.35. The van der Waals surface area contributed by atoms with Crippen molar-refractivity contribution in [1.82, 2.24) is 5.32 Å². The molecule has 1 unspecified atom stereocenters. The lowest BCUT2D eigenvalue weighted by molar-refractivity contribution is 0.428. The molecule has 1 atom stereocenters. The van der Waals surface area contributed by atoms with E-state index in [9.17, 15) is 0 Å². The fourth-order valence-corrected chi connectivity index (χ4v) is 3.89. The van der Waals surface area contributed by atoms with E-state index in [1.54, 1.807) is 0 Å². The molecule has 0 amide bonds. The average molecular weight is 287 g/mol. The SMILES string of the molecule is CCNC(c1ccc(-c2cc(C)ccc2C)s1)C(C)C. The van der Waals surface area contributed by atoms with Gasteiger partial charge < -0.3 is 5.32 Å². The van der Waals surface area contributed by atoms with Crippen LogP contribution >= 0.6 is 11.3 Å². The van der Waals surface area contributed by atoms with E-state index >= 15 is 0 Å². The molecule has 0 aliphatic carbocycles. The molecule has 1 nitrogen and oxygen atoms in total. The van der Waals surface area contributed by atoms with Gasteiger partial charge in [0.2, 0.25) is 0 Å². The number of nitrogens with one attached hydrogen (secondary N) is 1. The van der Waals surface area contributed by atoms with Crippen LogP contribution in [-0.4, -0.2) is 6.54 Å². The minimum absolute atomic E-state index is 0.462. The third-order valence-electron chi connectivity index (χ3n) is 3.68. The lowest BCUT2D eigenvalue weighted by Gasteiger charge is -2.20. The lowest BCUT2D eigenvalue weighted by Crippen LogP contribution is -2.24. The molecule has 1 heterocycles. The van der Waals surface area contributed by atoms with Crippen molar-refractivity contribution in [3.63, 3.8) is 0 Å². The highest BCUT2D eigenvalue weighted by Gasteiger charge is 2.17. The van der Waals surface area contributed by atoms with E-state index in [-0.39, 0.29) is 0 Å². The van der Waals surface area contributed by atoms with Gasteiger partial charge in [0.05, 0.1) is 0 Å². The molecular formula is C18H25NS. The molecule has 2 aromatic rings. The Labute approximate surface area is 127 Å². The Morgan fingerprint density at radius 3 is 2.50 bits per heavy atom. The molecule has 0 saturated carbocycles. The van der Waals surface area contributed by atoms with Gasteiger partial charge in [0, 0.05) is 15.8 Å². The molecule has 0 radical (unpaired) electrons. The molecule has 0 aliphatic rings. The van der Waals surface area contributed by atoms with Gasteiger partial charge in [0.25, 0.3) is 0 Å². The van der Waals surface area contributed by atoms with Crippen LogP contribution in [0, 0.1) is 19.8 Å². The zero-order valence-corrected chi connectivity index (χ0v) is 14.0. The van der Waals surface area contributed by atoms with E-state index in [0.717, 1.165) is 6.54 Å². The van der Waals surface area contributed by atoms with E-state index in [4.69, 9.17) is 0 Å². The lowest BCUT2D eigenvalue weighted by atomic mass is 10.0. The summed E-state index contributed by atoms with van der Waals surface area (Å²) < 4.78 is 0. The van der Waals surface area contributed by atoms with Crippen molar-refractivity contribution in [3.8, 4) is 10.4 Å². The highest BCUT2D eigenvalue weighted by molar-refractivity contribution is 7.15. The number of hydrogen-bond acceptors (Lipinski definition) is 2. The topological polar surface area (TPSA) is 12.0 Å². The Balaban J connectivity index is 2.34. The van der Waals surface area contributed by atoms with E-state index in [0.29, 0.717) is 12.0 Å². The summed E-state index contributed by atoms with van der Waals surface area (Å²) in [6, 6.07) is 11.7. The van der Waals surface area contributed by atoms with Crippen LogP contribution in [0.25, 0.3) is 10.4 Å². The average Bonchev–Trinajstić information content (AvgIpc) is 2.87. The van der Waals surface area contributed by atoms with Crippen LogP contribution in [0.4, 0.5) is 0 Å². The zero-order chi connectivity index (χ0) is 14.7. The standard InChI is InChI=1S/C18H25NS/c1-6-19-18(12(2)3)17-10-9-16(20-17)15-11-13(4)7-8-14(15)5/h7-12,18-19H,6H2,1-5H3. The van der Waals surface area contributed by atoms with Gasteiger partial charge in [0.15, 0.2) is 0 Å². The maximum Gasteiger partial charge on any atom is 0.0438 e. The number of rotatable bonds is 5. The van der Waals surface area contributed by atoms with E-state index in [1.807, 2.05) is 11.3 Å². The van der Waals surface area contributed by atoms with Gasteiger partial charge in [-0.2, -0.15) is 0 Å². The van der Waals surface area contributed by atoms with Crippen molar-refractivity contribution in [3.05, 3.63) is 46.3 Å². The molecule has 0 fully saturated rings. The Morgan fingerprint density at radius 1 is 1.10 bits per heavy atom. The molecule has 20 heavy (non-hydrogen) atoms. The molecule has 1 aromatic heterocycles. The second-order valence-corrected chi connectivity index (χ2v) is 6.92. The van der Waals surface area contributed by atoms with Crippen molar-refractivity contribution in [2.75, 3.05) is 6.54 Å². The number of aryl methyl sites for hydroxylation is 2. The second-order valence-electron chi connectivity index (χ2n) is 5.80. The summed E-state index contributed by atoms with van der Waals surface area (Å²) in [4.78, 5) is 2.82. The summed E-state index contributed by atoms with van der Waals surface area (Å²) in [6.07, 6.45) is 0. The van der Waals surface area contributed by atoms with Crippen LogP contribution < -0.4 is 5.32 Å². The number of thiophene rings is 1. The molecular weight excluding hydrogens is 262 g/mol. The smallest absolute Gasteiger partial charge is 0.0438 e. The summed E-state index contributed by atoms with van der Waals surface area (Å²) >= 11 is 1.92. The third-order valence-corrected chi connectivity index (χ3v) is 4.88. The first-order valence-electron chi connectivity index (χ1n) is 7.43. The molecule has 108 valence electrons. The first-order valence-corrected chi connectivity index (χ1v) is 8.25. The highest BCUT2D eigenvalue weighted by atomic mass is 32.1. The van der Waals surface area contributed by atoms with Gasteiger partial charge in [-0.1, -0.05) is 44.5 Å². The molecule has 0 saturated heterocycles. The van der Waals surface area contributed by atoms with Crippen molar-refractivity contribution in [1.29, 1.82) is 0 Å². The quantitative estimate of drug-likeness (QED) is 0.783. The van der Waals surface area contributed by atoms with Crippen LogP contribution in [0.3, 0.4) is 0 Å². The minimum atomic E-state index is 0.462. The molecule has 0 aliphatic heterocycles. The van der Waals surface area contributed by atoms with Crippen LogP contribution in [0.5, 0.6) is 0 Å². The Hall–Kier alpha value is -1.12. The maximum absolute atomic E-state index is 3.60. The third kappa shape index (κ3) is 3.31. The first kappa shape index (κ1) is 15.3. The van der Waals surface area contributed by atoms with Gasteiger partial charge in [-0.3, -0.25) is 0 Å². The fraction of sp³-hybridized carbons (Fsp3) is 0.444. The maximum atomic E-state index is 3.60. The molecule has 0 spiro atoms. The molecule has 2 rings (SSSR count). The second kappa shape index (κ2) is 6.55. The summed E-state index contributed by atoms with van der Waals surface area (Å²) in [6.45, 7) is 12.1. The number of hydrogen-bond donors (Lipinski definition) is 1. The Bertz CT molecular complexity index is 569. The van der Waals surface area contributed by atoms with Crippen LogP contribution in [0.1, 0.15) is 42.8 Å². The van der Waals surface area contributed by atoms with Gasteiger partial charge in [-0.25, -0.2) is 0 Å². The van der Waals surface area contributed by atoms with Gasteiger partial charge in [0.1, 0.15) is 0 Å². The summed E-state index contributed by atoms with van der Waals surface area (Å²) in [5, 5.41) is 3.60. The van der Waals surface area contributed by atoms with Crippen molar-refractivity contribution >= 4 is 11.3 Å². The van der Waals surface area contributed by atoms with Gasteiger partial charge in [-0.05, 0) is 49.6 Å². The molecule has 1 aromatic carbocycles. The normalized spacial score (nSPS) is 12.9. The van der Waals surface area contributed by atoms with E-state index in [2.05, 4.69) is 70.3 Å². The predicted octanol–water partition coefficient (Wildman–Crippen LogP) is 5.34. The first-order chi connectivity index (χ1) is 9.52.